The molecule has 2 aliphatic rings. The normalized spacial score (nSPS) is 23.6. The molecule has 3 rings (SSSR count). The number of carboxylic acids is 1. The number of hydrogen-bond acceptors (Lipinski definition) is 3. The van der Waals surface area contributed by atoms with E-state index in [1.54, 1.807) is 7.11 Å². The van der Waals surface area contributed by atoms with E-state index in [1.165, 1.54) is 11.1 Å². The van der Waals surface area contributed by atoms with Gasteiger partial charge in [-0.25, -0.2) is 0 Å². The van der Waals surface area contributed by atoms with Crippen molar-refractivity contribution in [3.63, 3.8) is 0 Å². The number of nitrogens with zero attached hydrogens (tertiary/aromatic N) is 1. The molecule has 1 N–H and O–H groups in total. The molecule has 108 valence electrons. The Morgan fingerprint density at radius 2 is 2.05 bits per heavy atom. The molecule has 0 spiro atoms. The third kappa shape index (κ3) is 2.40. The Morgan fingerprint density at radius 1 is 1.30 bits per heavy atom. The van der Waals surface area contributed by atoms with Gasteiger partial charge in [-0.3, -0.25) is 9.69 Å². The summed E-state index contributed by atoms with van der Waals surface area (Å²) < 4.78 is 5.33. The summed E-state index contributed by atoms with van der Waals surface area (Å²) in [6, 6.07) is 6.78. The highest BCUT2D eigenvalue weighted by molar-refractivity contribution is 5.70. The molecule has 4 nitrogen and oxygen atoms in total. The predicted octanol–water partition coefficient (Wildman–Crippen LogP) is 2.48. The average molecular weight is 275 g/mol. The van der Waals surface area contributed by atoms with Gasteiger partial charge in [-0.2, -0.15) is 0 Å². The number of methoxy groups -OCH3 is 1. The first-order valence-electron chi connectivity index (χ1n) is 7.32. The fraction of sp³-hybridized carbons (Fsp3) is 0.562. The van der Waals surface area contributed by atoms with Crippen molar-refractivity contribution < 1.29 is 14.6 Å². The van der Waals surface area contributed by atoms with E-state index in [9.17, 15) is 4.79 Å². The summed E-state index contributed by atoms with van der Waals surface area (Å²) in [7, 11) is 1.70. The molecule has 1 aliphatic carbocycles. The van der Waals surface area contributed by atoms with E-state index < -0.39 is 5.97 Å². The van der Waals surface area contributed by atoms with Crippen LogP contribution in [-0.4, -0.2) is 36.2 Å². The predicted molar refractivity (Wildman–Crippen MR) is 76.0 cm³/mol. The summed E-state index contributed by atoms with van der Waals surface area (Å²) in [5, 5.41) is 9.08. The molecule has 1 heterocycles. The molecule has 0 aromatic heterocycles. The maximum absolute atomic E-state index is 11.0. The molecule has 20 heavy (non-hydrogen) atoms. The van der Waals surface area contributed by atoms with Gasteiger partial charge in [0, 0.05) is 6.04 Å². The van der Waals surface area contributed by atoms with Crippen LogP contribution in [0.4, 0.5) is 0 Å². The van der Waals surface area contributed by atoms with Gasteiger partial charge >= 0.3 is 5.97 Å². The molecular weight excluding hydrogens is 254 g/mol. The zero-order chi connectivity index (χ0) is 14.1. The zero-order valence-electron chi connectivity index (χ0n) is 11.8. The third-order valence-corrected chi connectivity index (χ3v) is 4.72. The quantitative estimate of drug-likeness (QED) is 0.920. The van der Waals surface area contributed by atoms with Crippen molar-refractivity contribution >= 4 is 5.97 Å². The Hall–Kier alpha value is -1.55. The average Bonchev–Trinajstić information content (AvgIpc) is 2.90. The lowest BCUT2D eigenvalue weighted by molar-refractivity contribution is -0.143. The molecule has 1 saturated heterocycles. The van der Waals surface area contributed by atoms with Crippen LogP contribution in [0.2, 0.25) is 0 Å². The Labute approximate surface area is 119 Å². The van der Waals surface area contributed by atoms with Gasteiger partial charge in [-0.1, -0.05) is 6.07 Å². The van der Waals surface area contributed by atoms with Gasteiger partial charge in [0.1, 0.15) is 5.75 Å². The molecule has 1 aromatic rings. The van der Waals surface area contributed by atoms with Gasteiger partial charge in [0.15, 0.2) is 0 Å². The van der Waals surface area contributed by atoms with Crippen LogP contribution in [0.1, 0.15) is 36.4 Å². The Bertz CT molecular complexity index is 506. The van der Waals surface area contributed by atoms with Crippen LogP contribution in [0.25, 0.3) is 0 Å². The van der Waals surface area contributed by atoms with E-state index >= 15 is 0 Å². The van der Waals surface area contributed by atoms with Crippen molar-refractivity contribution in [1.82, 2.24) is 4.90 Å². The lowest BCUT2D eigenvalue weighted by Crippen LogP contribution is -2.38. The standard InChI is InChI=1S/C16H21NO3/c1-20-13-4-2-11-3-5-15(14(11)10-13)17-8-6-12(7-9-17)16(18)19/h2,4,10,12,15H,3,5-9H2,1H3,(H,18,19). The topological polar surface area (TPSA) is 49.8 Å². The highest BCUT2D eigenvalue weighted by Crippen LogP contribution is 2.39. The number of rotatable bonds is 3. The van der Waals surface area contributed by atoms with E-state index in [4.69, 9.17) is 9.84 Å². The van der Waals surface area contributed by atoms with Gasteiger partial charge in [-0.05, 0) is 62.0 Å². The number of fused-ring (bicyclic) bond motifs is 1. The van der Waals surface area contributed by atoms with Crippen LogP contribution < -0.4 is 4.74 Å². The largest absolute Gasteiger partial charge is 0.497 e. The molecule has 1 atom stereocenters. The molecule has 1 aromatic carbocycles. The summed E-state index contributed by atoms with van der Waals surface area (Å²) in [6.45, 7) is 1.77. The first-order valence-corrected chi connectivity index (χ1v) is 7.32. The molecule has 0 bridgehead atoms. The van der Waals surface area contributed by atoms with E-state index in [2.05, 4.69) is 17.0 Å². The SMILES string of the molecule is COc1ccc2c(c1)C(N1CCC(C(=O)O)CC1)CC2. The fourth-order valence-corrected chi connectivity index (χ4v) is 3.52. The number of aliphatic carboxylic acids is 1. The molecule has 4 heteroatoms. The second kappa shape index (κ2) is 5.44. The first kappa shape index (κ1) is 13.4. The molecule has 1 unspecified atom stereocenters. The van der Waals surface area contributed by atoms with Crippen LogP contribution in [0.15, 0.2) is 18.2 Å². The van der Waals surface area contributed by atoms with Crippen molar-refractivity contribution in [3.05, 3.63) is 29.3 Å². The minimum absolute atomic E-state index is 0.155. The fourth-order valence-electron chi connectivity index (χ4n) is 3.52. The second-order valence-electron chi connectivity index (χ2n) is 5.77. The maximum Gasteiger partial charge on any atom is 0.306 e. The number of likely N-dealkylation sites (tertiary alicyclic amines) is 1. The van der Waals surface area contributed by atoms with Crippen LogP contribution in [-0.2, 0) is 11.2 Å². The number of benzene rings is 1. The van der Waals surface area contributed by atoms with Crippen molar-refractivity contribution in [1.29, 1.82) is 0 Å². The lowest BCUT2D eigenvalue weighted by Gasteiger charge is -2.35. The zero-order valence-corrected chi connectivity index (χ0v) is 11.8. The van der Waals surface area contributed by atoms with Crippen molar-refractivity contribution in [2.45, 2.75) is 31.7 Å². The minimum atomic E-state index is -0.641. The molecule has 0 amide bonds. The highest BCUT2D eigenvalue weighted by Gasteiger charge is 2.32. The number of carboxylic acid groups (broad SMARTS) is 1. The van der Waals surface area contributed by atoms with Crippen LogP contribution in [0.5, 0.6) is 5.75 Å². The Morgan fingerprint density at radius 3 is 2.70 bits per heavy atom. The number of hydrogen-bond donors (Lipinski definition) is 1. The third-order valence-electron chi connectivity index (χ3n) is 4.72. The van der Waals surface area contributed by atoms with E-state index in [1.807, 2.05) is 6.07 Å². The highest BCUT2D eigenvalue weighted by atomic mass is 16.5. The van der Waals surface area contributed by atoms with E-state index in [0.29, 0.717) is 6.04 Å². The van der Waals surface area contributed by atoms with Crippen molar-refractivity contribution in [2.75, 3.05) is 20.2 Å². The monoisotopic (exact) mass is 275 g/mol. The van der Waals surface area contributed by atoms with Crippen LogP contribution in [0, 0.1) is 5.92 Å². The molecule has 0 radical (unpaired) electrons. The summed E-state index contributed by atoms with van der Waals surface area (Å²) >= 11 is 0. The van der Waals surface area contributed by atoms with Gasteiger partial charge in [0.2, 0.25) is 0 Å². The second-order valence-corrected chi connectivity index (χ2v) is 5.77. The number of piperidine rings is 1. The molecular formula is C16H21NO3. The van der Waals surface area contributed by atoms with Crippen LogP contribution >= 0.6 is 0 Å². The van der Waals surface area contributed by atoms with E-state index in [0.717, 1.165) is 44.5 Å². The Balaban J connectivity index is 1.73. The summed E-state index contributed by atoms with van der Waals surface area (Å²) in [5.41, 5.74) is 2.79. The summed E-state index contributed by atoms with van der Waals surface area (Å²) in [5.74, 6) is 0.117. The van der Waals surface area contributed by atoms with Crippen molar-refractivity contribution in [2.24, 2.45) is 5.92 Å². The van der Waals surface area contributed by atoms with Gasteiger partial charge in [0.25, 0.3) is 0 Å². The number of ether oxygens (including phenoxy) is 1. The molecule has 0 saturated carbocycles. The lowest BCUT2D eigenvalue weighted by atomic mass is 9.95. The summed E-state index contributed by atoms with van der Waals surface area (Å²) in [6.07, 6.45) is 3.79. The number of aryl methyl sites for hydroxylation is 1. The summed E-state index contributed by atoms with van der Waals surface area (Å²) in [4.78, 5) is 13.5. The molecule has 1 aliphatic heterocycles. The van der Waals surface area contributed by atoms with Gasteiger partial charge in [-0.15, -0.1) is 0 Å². The Kier molecular flexibility index (Phi) is 3.66. The maximum atomic E-state index is 11.0. The first-order chi connectivity index (χ1) is 9.69. The number of carbonyl (C=O) groups is 1. The van der Waals surface area contributed by atoms with Gasteiger partial charge < -0.3 is 9.84 Å². The van der Waals surface area contributed by atoms with Gasteiger partial charge in [0.05, 0.1) is 13.0 Å². The minimum Gasteiger partial charge on any atom is -0.497 e. The molecule has 1 fully saturated rings. The van der Waals surface area contributed by atoms with E-state index in [-0.39, 0.29) is 5.92 Å². The van der Waals surface area contributed by atoms with Crippen molar-refractivity contribution in [3.8, 4) is 5.75 Å². The van der Waals surface area contributed by atoms with Crippen LogP contribution in [0.3, 0.4) is 0 Å². The smallest absolute Gasteiger partial charge is 0.306 e.